The SMILES string of the molecule is CC(C)CN(C(=O)N1C[C@H](O)C[C@@H]1C(=O)O)C1CCCC1. The number of likely N-dealkylation sites (tertiary alicyclic amines) is 1. The topological polar surface area (TPSA) is 81.1 Å². The number of hydrogen-bond donors (Lipinski definition) is 2. The molecule has 120 valence electrons. The predicted molar refractivity (Wildman–Crippen MR) is 77.9 cm³/mol. The van der Waals surface area contributed by atoms with Crippen molar-refractivity contribution in [3.8, 4) is 0 Å². The number of urea groups is 1. The van der Waals surface area contributed by atoms with Crippen molar-refractivity contribution in [3.63, 3.8) is 0 Å². The number of carboxylic acids is 1. The Morgan fingerprint density at radius 2 is 1.90 bits per heavy atom. The molecule has 2 amide bonds. The number of rotatable bonds is 4. The lowest BCUT2D eigenvalue weighted by Crippen LogP contribution is -2.52. The lowest BCUT2D eigenvalue weighted by Gasteiger charge is -2.35. The molecular weight excluding hydrogens is 272 g/mol. The van der Waals surface area contributed by atoms with E-state index in [1.54, 1.807) is 0 Å². The Hall–Kier alpha value is -1.30. The first kappa shape index (κ1) is 16.1. The maximum absolute atomic E-state index is 12.8. The summed E-state index contributed by atoms with van der Waals surface area (Å²) in [6.45, 7) is 4.88. The van der Waals surface area contributed by atoms with Crippen LogP contribution in [0.25, 0.3) is 0 Å². The monoisotopic (exact) mass is 298 g/mol. The molecular formula is C15H26N2O4. The molecule has 0 aromatic carbocycles. The Morgan fingerprint density at radius 3 is 2.43 bits per heavy atom. The minimum absolute atomic E-state index is 0.122. The number of hydrogen-bond acceptors (Lipinski definition) is 3. The first-order valence-electron chi connectivity index (χ1n) is 7.88. The van der Waals surface area contributed by atoms with Crippen LogP contribution in [0.1, 0.15) is 46.0 Å². The average Bonchev–Trinajstić information content (AvgIpc) is 3.03. The second kappa shape index (κ2) is 6.64. The molecule has 2 atom stereocenters. The minimum atomic E-state index is -1.03. The molecule has 6 nitrogen and oxygen atoms in total. The fourth-order valence-electron chi connectivity index (χ4n) is 3.42. The van der Waals surface area contributed by atoms with E-state index < -0.39 is 18.1 Å². The van der Waals surface area contributed by atoms with Gasteiger partial charge in [-0.05, 0) is 18.8 Å². The fourth-order valence-corrected chi connectivity index (χ4v) is 3.42. The van der Waals surface area contributed by atoms with Crippen LogP contribution in [0.15, 0.2) is 0 Å². The second-order valence-electron chi connectivity index (χ2n) is 6.66. The zero-order valence-corrected chi connectivity index (χ0v) is 12.9. The molecule has 0 bridgehead atoms. The van der Waals surface area contributed by atoms with Crippen molar-refractivity contribution < 1.29 is 19.8 Å². The van der Waals surface area contributed by atoms with E-state index in [0.717, 1.165) is 25.7 Å². The van der Waals surface area contributed by atoms with Gasteiger partial charge in [-0.25, -0.2) is 9.59 Å². The van der Waals surface area contributed by atoms with E-state index in [0.29, 0.717) is 12.5 Å². The third-order valence-electron chi connectivity index (χ3n) is 4.38. The van der Waals surface area contributed by atoms with Gasteiger partial charge >= 0.3 is 12.0 Å². The summed E-state index contributed by atoms with van der Waals surface area (Å²) in [6, 6.07) is -0.907. The van der Waals surface area contributed by atoms with Crippen molar-refractivity contribution in [1.82, 2.24) is 9.80 Å². The molecule has 21 heavy (non-hydrogen) atoms. The van der Waals surface area contributed by atoms with Crippen LogP contribution >= 0.6 is 0 Å². The van der Waals surface area contributed by atoms with Crippen molar-refractivity contribution in [2.75, 3.05) is 13.1 Å². The molecule has 1 heterocycles. The molecule has 0 spiro atoms. The van der Waals surface area contributed by atoms with Crippen LogP contribution in [0.5, 0.6) is 0 Å². The Morgan fingerprint density at radius 1 is 1.29 bits per heavy atom. The summed E-state index contributed by atoms with van der Waals surface area (Å²) in [5.41, 5.74) is 0. The molecule has 1 saturated heterocycles. The number of aliphatic hydroxyl groups excluding tert-OH is 1. The van der Waals surface area contributed by atoms with E-state index in [-0.39, 0.29) is 25.0 Å². The standard InChI is InChI=1S/C15H26N2O4/c1-10(2)8-16(11-5-3-4-6-11)15(21)17-9-12(18)7-13(17)14(19)20/h10-13,18H,3-9H2,1-2H3,(H,19,20)/t12-,13-/m1/s1. The highest BCUT2D eigenvalue weighted by Gasteiger charge is 2.42. The highest BCUT2D eigenvalue weighted by Crippen LogP contribution is 2.28. The van der Waals surface area contributed by atoms with Gasteiger partial charge in [0.15, 0.2) is 0 Å². The van der Waals surface area contributed by atoms with Crippen molar-refractivity contribution in [1.29, 1.82) is 0 Å². The van der Waals surface area contributed by atoms with Gasteiger partial charge in [0.25, 0.3) is 0 Å². The minimum Gasteiger partial charge on any atom is -0.480 e. The normalized spacial score (nSPS) is 26.6. The lowest BCUT2D eigenvalue weighted by molar-refractivity contribution is -0.141. The number of amides is 2. The first-order valence-corrected chi connectivity index (χ1v) is 7.88. The summed E-state index contributed by atoms with van der Waals surface area (Å²) >= 11 is 0. The van der Waals surface area contributed by atoms with E-state index in [1.165, 1.54) is 4.90 Å². The van der Waals surface area contributed by atoms with Gasteiger partial charge in [0, 0.05) is 25.6 Å². The highest BCUT2D eigenvalue weighted by atomic mass is 16.4. The van der Waals surface area contributed by atoms with E-state index >= 15 is 0 Å². The zero-order chi connectivity index (χ0) is 15.6. The molecule has 2 rings (SSSR count). The number of carbonyl (C=O) groups is 2. The number of aliphatic carboxylic acids is 1. The third kappa shape index (κ3) is 3.67. The van der Waals surface area contributed by atoms with Crippen molar-refractivity contribution in [3.05, 3.63) is 0 Å². The largest absolute Gasteiger partial charge is 0.480 e. The molecule has 2 fully saturated rings. The lowest BCUT2D eigenvalue weighted by atomic mass is 10.1. The Bertz CT molecular complexity index is 393. The Labute approximate surface area is 125 Å². The smallest absolute Gasteiger partial charge is 0.326 e. The van der Waals surface area contributed by atoms with Crippen molar-refractivity contribution in [2.45, 2.75) is 64.1 Å². The summed E-state index contributed by atoms with van der Waals surface area (Å²) in [5, 5.41) is 19.0. The zero-order valence-electron chi connectivity index (χ0n) is 12.9. The molecule has 6 heteroatoms. The average molecular weight is 298 g/mol. The summed E-state index contributed by atoms with van der Waals surface area (Å²) in [6.07, 6.45) is 3.62. The predicted octanol–water partition coefficient (Wildman–Crippen LogP) is 1.53. The molecule has 0 aromatic rings. The van der Waals surface area contributed by atoms with Gasteiger partial charge in [0.1, 0.15) is 6.04 Å². The number of carbonyl (C=O) groups excluding carboxylic acids is 1. The van der Waals surface area contributed by atoms with Crippen LogP contribution in [-0.2, 0) is 4.79 Å². The molecule has 1 aliphatic carbocycles. The number of β-amino-alcohol motifs (C(OH)–C–C–N with tert-alkyl or cyclic N) is 1. The first-order chi connectivity index (χ1) is 9.90. The van der Waals surface area contributed by atoms with Crippen LogP contribution in [0.4, 0.5) is 4.79 Å². The van der Waals surface area contributed by atoms with E-state index in [2.05, 4.69) is 13.8 Å². The van der Waals surface area contributed by atoms with Gasteiger partial charge in [-0.2, -0.15) is 0 Å². The maximum Gasteiger partial charge on any atom is 0.326 e. The molecule has 0 unspecified atom stereocenters. The van der Waals surface area contributed by atoms with E-state index in [4.69, 9.17) is 0 Å². The summed E-state index contributed by atoms with van der Waals surface area (Å²) in [5.74, 6) is -0.693. The van der Waals surface area contributed by atoms with Gasteiger partial charge in [0.2, 0.25) is 0 Å². The Kier molecular flexibility index (Phi) is 5.08. The fraction of sp³-hybridized carbons (Fsp3) is 0.867. The van der Waals surface area contributed by atoms with Crippen LogP contribution < -0.4 is 0 Å². The van der Waals surface area contributed by atoms with E-state index in [9.17, 15) is 19.8 Å². The van der Waals surface area contributed by atoms with E-state index in [1.807, 2.05) is 4.90 Å². The maximum atomic E-state index is 12.8. The van der Waals surface area contributed by atoms with Gasteiger partial charge in [0.05, 0.1) is 6.10 Å². The summed E-state index contributed by atoms with van der Waals surface area (Å²) in [4.78, 5) is 27.3. The van der Waals surface area contributed by atoms with Crippen LogP contribution in [-0.4, -0.2) is 63.3 Å². The number of carboxylic acid groups (broad SMARTS) is 1. The second-order valence-corrected chi connectivity index (χ2v) is 6.66. The van der Waals surface area contributed by atoms with Crippen LogP contribution in [0, 0.1) is 5.92 Å². The van der Waals surface area contributed by atoms with Gasteiger partial charge < -0.3 is 20.0 Å². The summed E-state index contributed by atoms with van der Waals surface area (Å²) < 4.78 is 0. The number of aliphatic hydroxyl groups is 1. The molecule has 1 saturated carbocycles. The van der Waals surface area contributed by atoms with Crippen LogP contribution in [0.3, 0.4) is 0 Å². The summed E-state index contributed by atoms with van der Waals surface area (Å²) in [7, 11) is 0. The Balaban J connectivity index is 2.14. The van der Waals surface area contributed by atoms with Crippen molar-refractivity contribution in [2.24, 2.45) is 5.92 Å². The molecule has 2 N–H and O–H groups in total. The molecule has 1 aliphatic heterocycles. The molecule has 0 aromatic heterocycles. The van der Waals surface area contributed by atoms with Gasteiger partial charge in [-0.1, -0.05) is 26.7 Å². The highest BCUT2D eigenvalue weighted by molar-refractivity contribution is 5.83. The molecule has 2 aliphatic rings. The van der Waals surface area contributed by atoms with Gasteiger partial charge in [-0.15, -0.1) is 0 Å². The third-order valence-corrected chi connectivity index (χ3v) is 4.38. The molecule has 0 radical (unpaired) electrons. The quantitative estimate of drug-likeness (QED) is 0.824. The van der Waals surface area contributed by atoms with Gasteiger partial charge in [-0.3, -0.25) is 0 Å². The number of nitrogens with zero attached hydrogens (tertiary/aromatic N) is 2. The van der Waals surface area contributed by atoms with Crippen molar-refractivity contribution >= 4 is 12.0 Å². The van der Waals surface area contributed by atoms with Crippen LogP contribution in [0.2, 0.25) is 0 Å².